The summed E-state index contributed by atoms with van der Waals surface area (Å²) >= 11 is 0. The van der Waals surface area contributed by atoms with Crippen LogP contribution in [0, 0.1) is 5.92 Å². The van der Waals surface area contributed by atoms with E-state index in [1.165, 1.54) is 0 Å². The van der Waals surface area contributed by atoms with Gasteiger partial charge in [-0.25, -0.2) is 4.79 Å². The molecule has 0 heterocycles. The maximum Gasteiger partial charge on any atom is 0.407 e. The number of aliphatic hydroxyl groups is 1. The fourth-order valence-electron chi connectivity index (χ4n) is 1.22. The summed E-state index contributed by atoms with van der Waals surface area (Å²) in [5, 5.41) is 11.8. The Labute approximate surface area is 98.4 Å². The average molecular weight is 231 g/mol. The molecular formula is C12H25NO3. The SMILES string of the molecule is CC(C)CC[C@H](CO)NC(=O)OC(C)(C)C. The van der Waals surface area contributed by atoms with Gasteiger partial charge in [-0.15, -0.1) is 0 Å². The van der Waals surface area contributed by atoms with Crippen LogP contribution >= 0.6 is 0 Å². The van der Waals surface area contributed by atoms with Gasteiger partial charge in [-0.3, -0.25) is 0 Å². The van der Waals surface area contributed by atoms with Crippen molar-refractivity contribution in [3.63, 3.8) is 0 Å². The molecule has 0 radical (unpaired) electrons. The predicted molar refractivity (Wildman–Crippen MR) is 64.3 cm³/mol. The molecule has 4 nitrogen and oxygen atoms in total. The van der Waals surface area contributed by atoms with Crippen LogP contribution in [0.1, 0.15) is 47.5 Å². The Balaban J connectivity index is 3.97. The molecule has 0 bridgehead atoms. The zero-order valence-corrected chi connectivity index (χ0v) is 11.0. The van der Waals surface area contributed by atoms with Crippen molar-refractivity contribution >= 4 is 6.09 Å². The maximum absolute atomic E-state index is 11.4. The van der Waals surface area contributed by atoms with E-state index in [-0.39, 0.29) is 12.6 Å². The Bertz CT molecular complexity index is 209. The Morgan fingerprint density at radius 2 is 1.88 bits per heavy atom. The van der Waals surface area contributed by atoms with E-state index in [9.17, 15) is 4.79 Å². The molecule has 0 spiro atoms. The minimum absolute atomic E-state index is 0.0496. The van der Waals surface area contributed by atoms with Crippen LogP contribution in [0.3, 0.4) is 0 Å². The third-order valence-electron chi connectivity index (χ3n) is 2.03. The monoisotopic (exact) mass is 231 g/mol. The van der Waals surface area contributed by atoms with E-state index >= 15 is 0 Å². The van der Waals surface area contributed by atoms with Crippen molar-refractivity contribution in [3.05, 3.63) is 0 Å². The Kier molecular flexibility index (Phi) is 6.41. The lowest BCUT2D eigenvalue weighted by Crippen LogP contribution is -2.41. The lowest BCUT2D eigenvalue weighted by molar-refractivity contribution is 0.0477. The predicted octanol–water partition coefficient (Wildman–Crippen LogP) is 2.31. The summed E-state index contributed by atoms with van der Waals surface area (Å²) < 4.78 is 5.12. The summed E-state index contributed by atoms with van der Waals surface area (Å²) in [5.74, 6) is 0.564. The van der Waals surface area contributed by atoms with Crippen LogP contribution in [0.15, 0.2) is 0 Å². The van der Waals surface area contributed by atoms with Gasteiger partial charge in [0.15, 0.2) is 0 Å². The number of ether oxygens (including phenoxy) is 1. The zero-order valence-electron chi connectivity index (χ0n) is 11.0. The van der Waals surface area contributed by atoms with E-state index in [2.05, 4.69) is 19.2 Å². The number of carbonyl (C=O) groups is 1. The Morgan fingerprint density at radius 1 is 1.31 bits per heavy atom. The quantitative estimate of drug-likeness (QED) is 0.763. The van der Waals surface area contributed by atoms with E-state index in [1.807, 2.05) is 20.8 Å². The van der Waals surface area contributed by atoms with Gasteiger partial charge in [0.05, 0.1) is 12.6 Å². The molecule has 0 rings (SSSR count). The first-order valence-electron chi connectivity index (χ1n) is 5.85. The van der Waals surface area contributed by atoms with Crippen LogP contribution < -0.4 is 5.32 Å². The van der Waals surface area contributed by atoms with Gasteiger partial charge in [-0.05, 0) is 39.5 Å². The van der Waals surface area contributed by atoms with Gasteiger partial charge in [0.2, 0.25) is 0 Å². The van der Waals surface area contributed by atoms with Gasteiger partial charge in [0.1, 0.15) is 5.60 Å². The lowest BCUT2D eigenvalue weighted by Gasteiger charge is -2.23. The minimum Gasteiger partial charge on any atom is -0.444 e. The Morgan fingerprint density at radius 3 is 2.25 bits per heavy atom. The highest BCUT2D eigenvalue weighted by Crippen LogP contribution is 2.09. The van der Waals surface area contributed by atoms with Crippen LogP contribution in [0.5, 0.6) is 0 Å². The second-order valence-electron chi connectivity index (χ2n) is 5.50. The van der Waals surface area contributed by atoms with Crippen LogP contribution in [0.2, 0.25) is 0 Å². The molecule has 0 aromatic rings. The molecular weight excluding hydrogens is 206 g/mol. The minimum atomic E-state index is -0.498. The van der Waals surface area contributed by atoms with Gasteiger partial charge < -0.3 is 15.2 Å². The fraction of sp³-hybridized carbons (Fsp3) is 0.917. The van der Waals surface area contributed by atoms with Crippen LogP contribution in [-0.2, 0) is 4.74 Å². The molecule has 96 valence electrons. The summed E-state index contributed by atoms with van der Waals surface area (Å²) in [6.07, 6.45) is 1.28. The third kappa shape index (κ3) is 8.53. The summed E-state index contributed by atoms with van der Waals surface area (Å²) in [4.78, 5) is 11.4. The molecule has 2 N–H and O–H groups in total. The van der Waals surface area contributed by atoms with Crippen LogP contribution in [-0.4, -0.2) is 29.4 Å². The summed E-state index contributed by atoms with van der Waals surface area (Å²) in [6, 6.07) is -0.211. The van der Waals surface area contributed by atoms with Crippen molar-refractivity contribution in [2.75, 3.05) is 6.61 Å². The first-order valence-corrected chi connectivity index (χ1v) is 5.85. The summed E-state index contributed by atoms with van der Waals surface area (Å²) in [7, 11) is 0. The molecule has 0 unspecified atom stereocenters. The van der Waals surface area contributed by atoms with Gasteiger partial charge in [-0.1, -0.05) is 13.8 Å². The highest BCUT2D eigenvalue weighted by atomic mass is 16.6. The largest absolute Gasteiger partial charge is 0.444 e. The van der Waals surface area contributed by atoms with E-state index in [1.54, 1.807) is 0 Å². The van der Waals surface area contributed by atoms with E-state index in [0.717, 1.165) is 12.8 Å². The molecule has 0 aliphatic carbocycles. The standard InChI is InChI=1S/C12H25NO3/c1-9(2)6-7-10(8-14)13-11(15)16-12(3,4)5/h9-10,14H,6-8H2,1-5H3,(H,13,15)/t10-/m1/s1. The van der Waals surface area contributed by atoms with Crippen molar-refractivity contribution < 1.29 is 14.6 Å². The molecule has 0 saturated heterocycles. The molecule has 1 amide bonds. The highest BCUT2D eigenvalue weighted by Gasteiger charge is 2.19. The number of carbonyl (C=O) groups excluding carboxylic acids is 1. The van der Waals surface area contributed by atoms with E-state index in [4.69, 9.17) is 9.84 Å². The van der Waals surface area contributed by atoms with Crippen molar-refractivity contribution in [2.24, 2.45) is 5.92 Å². The lowest BCUT2D eigenvalue weighted by atomic mass is 10.0. The zero-order chi connectivity index (χ0) is 12.8. The van der Waals surface area contributed by atoms with Gasteiger partial charge >= 0.3 is 6.09 Å². The van der Waals surface area contributed by atoms with Crippen molar-refractivity contribution in [1.82, 2.24) is 5.32 Å². The third-order valence-corrected chi connectivity index (χ3v) is 2.03. The number of alkyl carbamates (subject to hydrolysis) is 1. The molecule has 4 heteroatoms. The molecule has 0 aromatic carbocycles. The molecule has 0 aliphatic rings. The highest BCUT2D eigenvalue weighted by molar-refractivity contribution is 5.68. The number of rotatable bonds is 5. The summed E-state index contributed by atoms with van der Waals surface area (Å²) in [5.41, 5.74) is -0.498. The van der Waals surface area contributed by atoms with E-state index < -0.39 is 11.7 Å². The van der Waals surface area contributed by atoms with Gasteiger partial charge in [0, 0.05) is 0 Å². The van der Waals surface area contributed by atoms with E-state index in [0.29, 0.717) is 5.92 Å². The molecule has 0 aromatic heterocycles. The van der Waals surface area contributed by atoms with Crippen molar-refractivity contribution in [2.45, 2.75) is 59.1 Å². The molecule has 16 heavy (non-hydrogen) atoms. The average Bonchev–Trinajstić information content (AvgIpc) is 2.08. The molecule has 1 atom stereocenters. The number of amides is 1. The molecule has 0 saturated carbocycles. The van der Waals surface area contributed by atoms with Gasteiger partial charge in [0.25, 0.3) is 0 Å². The molecule has 0 fully saturated rings. The topological polar surface area (TPSA) is 58.6 Å². The normalized spacial score (nSPS) is 13.7. The Hall–Kier alpha value is -0.770. The second kappa shape index (κ2) is 6.74. The number of aliphatic hydroxyl groups excluding tert-OH is 1. The van der Waals surface area contributed by atoms with Gasteiger partial charge in [-0.2, -0.15) is 0 Å². The first-order chi connectivity index (χ1) is 7.24. The number of hydrogen-bond acceptors (Lipinski definition) is 3. The summed E-state index contributed by atoms with van der Waals surface area (Å²) in [6.45, 7) is 9.62. The first kappa shape index (κ1) is 15.2. The van der Waals surface area contributed by atoms with Crippen LogP contribution in [0.4, 0.5) is 4.79 Å². The van der Waals surface area contributed by atoms with Crippen LogP contribution in [0.25, 0.3) is 0 Å². The fourth-order valence-corrected chi connectivity index (χ4v) is 1.22. The number of nitrogens with one attached hydrogen (secondary N) is 1. The number of hydrogen-bond donors (Lipinski definition) is 2. The van der Waals surface area contributed by atoms with Crippen molar-refractivity contribution in [3.8, 4) is 0 Å². The smallest absolute Gasteiger partial charge is 0.407 e. The maximum atomic E-state index is 11.4. The van der Waals surface area contributed by atoms with Crippen molar-refractivity contribution in [1.29, 1.82) is 0 Å². The molecule has 0 aliphatic heterocycles. The second-order valence-corrected chi connectivity index (χ2v) is 5.50.